The van der Waals surface area contributed by atoms with Gasteiger partial charge in [-0.2, -0.15) is 39.5 Å². The third-order valence-corrected chi connectivity index (χ3v) is 13.3. The zero-order chi connectivity index (χ0) is 41.3. The van der Waals surface area contributed by atoms with Gasteiger partial charge in [-0.05, 0) is 131 Å². The van der Waals surface area contributed by atoms with Crippen LogP contribution in [0.5, 0.6) is 5.75 Å². The minimum atomic E-state index is -6.78. The van der Waals surface area contributed by atoms with E-state index in [0.29, 0.717) is 30.4 Å². The van der Waals surface area contributed by atoms with Crippen LogP contribution in [0.2, 0.25) is 0 Å². The third-order valence-electron chi connectivity index (χ3n) is 13.3. The molecule has 0 aromatic heterocycles. The van der Waals surface area contributed by atoms with Crippen molar-refractivity contribution in [3.8, 4) is 5.75 Å². The Bertz CT molecular complexity index is 1440. The second kappa shape index (κ2) is 16.9. The summed E-state index contributed by atoms with van der Waals surface area (Å²) in [7, 11) is 5.29. The Morgan fingerprint density at radius 3 is 2.25 bits per heavy atom. The first-order valence-corrected chi connectivity index (χ1v) is 19.3. The smallest absolute Gasteiger partial charge is 0.435 e. The van der Waals surface area contributed by atoms with Gasteiger partial charge in [0.1, 0.15) is 5.75 Å². The van der Waals surface area contributed by atoms with Crippen LogP contribution in [0.15, 0.2) is 18.2 Å². The monoisotopic (exact) mass is 802 g/mol. The standard InChI is InChI=1S/C39H56F9N3O4/c1-35-17-16-30-29-13-11-28(54-20-7-19-50(3)26-9-10-27(23-26)53-5)22-25(29)8-12-31(30)32(35)14-15-33(35)51(4)34(52)24-49(2)18-6-21-55-36(37(40,41)42,38(43,44)45)39(46,47)48/h11,13,22,26-27,30-33H,6-10,12,14-21,23-24H2,1-5H3/t26?,27-,30?,31?,32?,33+,35+/m1/s1/i5D. The molecule has 1 aromatic rings. The number of benzene rings is 1. The number of likely N-dealkylation sites (N-methyl/N-ethyl adjacent to an activating group) is 2. The van der Waals surface area contributed by atoms with E-state index in [1.807, 2.05) is 0 Å². The van der Waals surface area contributed by atoms with Crippen LogP contribution in [-0.2, 0) is 20.7 Å². The lowest BCUT2D eigenvalue weighted by molar-refractivity contribution is -0.457. The van der Waals surface area contributed by atoms with Crippen molar-refractivity contribution in [1.29, 1.82) is 0 Å². The van der Waals surface area contributed by atoms with E-state index in [2.05, 4.69) is 41.8 Å². The van der Waals surface area contributed by atoms with Gasteiger partial charge in [0.25, 0.3) is 0 Å². The molecule has 0 bridgehead atoms. The zero-order valence-electron chi connectivity index (χ0n) is 33.1. The molecular weight excluding hydrogens is 745 g/mol. The molecule has 3 saturated carbocycles. The molecular formula is C39H56F9N3O4. The zero-order valence-corrected chi connectivity index (χ0v) is 32.1. The topological polar surface area (TPSA) is 54.5 Å². The van der Waals surface area contributed by atoms with Crippen LogP contribution in [0.25, 0.3) is 0 Å². The molecule has 16 heteroatoms. The lowest BCUT2D eigenvalue weighted by Crippen LogP contribution is -2.67. The van der Waals surface area contributed by atoms with Gasteiger partial charge in [-0.15, -0.1) is 0 Å². The van der Waals surface area contributed by atoms with Crippen LogP contribution < -0.4 is 4.74 Å². The molecule has 0 N–H and O–H groups in total. The lowest BCUT2D eigenvalue weighted by Gasteiger charge is -2.52. The van der Waals surface area contributed by atoms with Gasteiger partial charge < -0.3 is 24.0 Å². The summed E-state index contributed by atoms with van der Waals surface area (Å²) in [6.45, 7) is 1.86. The Kier molecular flexibility index (Phi) is 13.0. The summed E-state index contributed by atoms with van der Waals surface area (Å²) in [5, 5.41) is 0. The van der Waals surface area contributed by atoms with Gasteiger partial charge in [0.2, 0.25) is 5.91 Å². The average molecular weight is 803 g/mol. The first-order valence-electron chi connectivity index (χ1n) is 20.0. The van der Waals surface area contributed by atoms with E-state index < -0.39 is 37.2 Å². The van der Waals surface area contributed by atoms with E-state index in [0.717, 1.165) is 76.5 Å². The van der Waals surface area contributed by atoms with E-state index in [4.69, 9.17) is 10.8 Å². The number of halogens is 9. The van der Waals surface area contributed by atoms with Crippen molar-refractivity contribution in [2.75, 3.05) is 61.1 Å². The third kappa shape index (κ3) is 8.91. The average Bonchev–Trinajstić information content (AvgIpc) is 3.72. The number of hydrogen-bond donors (Lipinski definition) is 0. The molecule has 0 saturated heterocycles. The summed E-state index contributed by atoms with van der Waals surface area (Å²) in [6.07, 6.45) is -11.2. The molecule has 7 atom stereocenters. The van der Waals surface area contributed by atoms with Crippen LogP contribution in [0.1, 0.15) is 89.5 Å². The minimum absolute atomic E-state index is 0.0123. The number of fused-ring (bicyclic) bond motifs is 5. The second-order valence-electron chi connectivity index (χ2n) is 16.5. The van der Waals surface area contributed by atoms with Gasteiger partial charge in [-0.25, -0.2) is 0 Å². The maximum atomic E-state index is 13.4. The highest BCUT2D eigenvalue weighted by Crippen LogP contribution is 2.62. The van der Waals surface area contributed by atoms with E-state index in [1.54, 1.807) is 11.9 Å². The normalized spacial score (nSPS) is 28.9. The van der Waals surface area contributed by atoms with E-state index in [1.165, 1.54) is 23.1 Å². The van der Waals surface area contributed by atoms with Gasteiger partial charge in [0.05, 0.1) is 20.6 Å². The quantitative estimate of drug-likeness (QED) is 0.131. The van der Waals surface area contributed by atoms with E-state index in [-0.39, 0.29) is 43.6 Å². The SMILES string of the molecule is [2H]CO[C@@H]1CCC(N(C)CCCOc2ccc3c(c2)CCC2C3CC[C@@]3(C)C2CC[C@@H]3N(C)C(=O)CN(C)CCCOC(C(F)(F)F)(C(F)(F)F)C(F)(F)F)C1. The first-order chi connectivity index (χ1) is 26.1. The van der Waals surface area contributed by atoms with Crippen LogP contribution in [0, 0.1) is 17.3 Å². The number of ether oxygens (including phenoxy) is 3. The van der Waals surface area contributed by atoms with Gasteiger partial charge in [0, 0.05) is 45.9 Å². The van der Waals surface area contributed by atoms with Crippen molar-refractivity contribution in [2.45, 2.75) is 126 Å². The van der Waals surface area contributed by atoms with E-state index in [9.17, 15) is 44.3 Å². The summed E-state index contributed by atoms with van der Waals surface area (Å²) in [4.78, 5) is 18.9. The second-order valence-corrected chi connectivity index (χ2v) is 16.5. The van der Waals surface area contributed by atoms with Gasteiger partial charge in [-0.1, -0.05) is 13.0 Å². The fraction of sp³-hybridized carbons (Fsp3) is 0.821. The Hall–Kier alpha value is -2.30. The highest BCUT2D eigenvalue weighted by Gasteiger charge is 2.85. The molecule has 1 aromatic carbocycles. The number of amides is 1. The van der Waals surface area contributed by atoms with Crippen molar-refractivity contribution < 1.29 is 59.9 Å². The molecule has 0 radical (unpaired) electrons. The highest BCUT2D eigenvalue weighted by atomic mass is 19.4. The largest absolute Gasteiger partial charge is 0.494 e. The molecule has 0 spiro atoms. The molecule has 5 rings (SSSR count). The number of carbonyl (C=O) groups excluding carboxylic acids is 1. The van der Waals surface area contributed by atoms with Crippen LogP contribution in [0.3, 0.4) is 0 Å². The maximum absolute atomic E-state index is 13.4. The number of aryl methyl sites for hydroxylation is 1. The molecule has 4 aliphatic rings. The minimum Gasteiger partial charge on any atom is -0.494 e. The summed E-state index contributed by atoms with van der Waals surface area (Å²) >= 11 is 0. The molecule has 314 valence electrons. The number of rotatable bonds is 15. The fourth-order valence-corrected chi connectivity index (χ4v) is 10.3. The van der Waals surface area contributed by atoms with Crippen molar-refractivity contribution in [1.82, 2.24) is 14.7 Å². The molecule has 3 fully saturated rings. The Morgan fingerprint density at radius 2 is 1.58 bits per heavy atom. The van der Waals surface area contributed by atoms with Crippen LogP contribution in [-0.4, -0.2) is 124 Å². The summed E-state index contributed by atoms with van der Waals surface area (Å²) in [5.74, 6) is 1.85. The number of nitrogens with zero attached hydrogens (tertiary/aromatic N) is 3. The highest BCUT2D eigenvalue weighted by molar-refractivity contribution is 5.78. The number of methoxy groups -OCH3 is 1. The lowest BCUT2D eigenvalue weighted by atomic mass is 9.55. The van der Waals surface area contributed by atoms with Crippen LogP contribution >= 0.6 is 0 Å². The Labute approximate surface area is 319 Å². The first kappa shape index (κ1) is 42.3. The van der Waals surface area contributed by atoms with Crippen molar-refractivity contribution in [3.63, 3.8) is 0 Å². The van der Waals surface area contributed by atoms with E-state index >= 15 is 0 Å². The summed E-state index contributed by atoms with van der Waals surface area (Å²) in [6, 6.07) is 6.90. The number of carbonyl (C=O) groups is 1. The predicted octanol–water partition coefficient (Wildman–Crippen LogP) is 8.40. The van der Waals surface area contributed by atoms with Gasteiger partial charge >= 0.3 is 24.1 Å². The molecule has 0 heterocycles. The predicted molar refractivity (Wildman–Crippen MR) is 188 cm³/mol. The molecule has 4 aliphatic carbocycles. The number of alkyl halides is 9. The number of hydrogen-bond acceptors (Lipinski definition) is 6. The maximum Gasteiger partial charge on any atom is 0.435 e. The molecule has 4 unspecified atom stereocenters. The van der Waals surface area contributed by atoms with Crippen molar-refractivity contribution >= 4 is 5.91 Å². The van der Waals surface area contributed by atoms with Crippen LogP contribution in [0.4, 0.5) is 39.5 Å². The Morgan fingerprint density at radius 1 is 0.891 bits per heavy atom. The molecule has 1 amide bonds. The Balaban J connectivity index is 1.09. The van der Waals surface area contributed by atoms with Gasteiger partial charge in [-0.3, -0.25) is 9.69 Å². The molecule has 7 nitrogen and oxygen atoms in total. The van der Waals surface area contributed by atoms with Gasteiger partial charge in [0.15, 0.2) is 0 Å². The fourth-order valence-electron chi connectivity index (χ4n) is 10.3. The van der Waals surface area contributed by atoms with Crippen molar-refractivity contribution in [2.24, 2.45) is 17.3 Å². The molecule has 55 heavy (non-hydrogen) atoms. The summed E-state index contributed by atoms with van der Waals surface area (Å²) < 4.78 is 141. The molecule has 0 aliphatic heterocycles. The van der Waals surface area contributed by atoms with Crippen molar-refractivity contribution in [3.05, 3.63) is 29.3 Å². The summed E-state index contributed by atoms with van der Waals surface area (Å²) in [5.41, 5.74) is -3.75.